The highest BCUT2D eigenvalue weighted by molar-refractivity contribution is 6.42. The highest BCUT2D eigenvalue weighted by atomic mass is 35.5. The van der Waals surface area contributed by atoms with Gasteiger partial charge in [-0.2, -0.15) is 0 Å². The van der Waals surface area contributed by atoms with Crippen LogP contribution in [-0.4, -0.2) is 17.3 Å². The Morgan fingerprint density at radius 1 is 1.12 bits per heavy atom. The van der Waals surface area contributed by atoms with Crippen molar-refractivity contribution in [1.82, 2.24) is 4.90 Å². The van der Waals surface area contributed by atoms with Crippen LogP contribution in [0.5, 0.6) is 0 Å². The fraction of sp³-hybridized carbons (Fsp3) is 0.462. The summed E-state index contributed by atoms with van der Waals surface area (Å²) in [6.07, 6.45) is 4.86. The fourth-order valence-electron chi connectivity index (χ4n) is 2.51. The number of aliphatic imine (C=N–C) groups is 1. The molecule has 0 amide bonds. The molecule has 0 aliphatic carbocycles. The van der Waals surface area contributed by atoms with E-state index in [0.717, 1.165) is 30.8 Å². The summed E-state index contributed by atoms with van der Waals surface area (Å²) in [5.41, 5.74) is 2.07. The van der Waals surface area contributed by atoms with E-state index in [1.54, 1.807) is 0 Å². The first kappa shape index (κ1) is 11.4. The molecule has 2 aliphatic heterocycles. The Morgan fingerprint density at radius 2 is 2.00 bits per heavy atom. The molecule has 1 saturated heterocycles. The Bertz CT molecular complexity index is 483. The van der Waals surface area contributed by atoms with Gasteiger partial charge in [-0.15, -0.1) is 0 Å². The number of rotatable bonds is 0. The molecule has 0 bridgehead atoms. The molecule has 0 unspecified atom stereocenters. The molecule has 1 aromatic carbocycles. The first-order valence-corrected chi connectivity index (χ1v) is 6.80. The molecule has 2 heterocycles. The van der Waals surface area contributed by atoms with Gasteiger partial charge in [0.15, 0.2) is 0 Å². The molecule has 0 aromatic heterocycles. The topological polar surface area (TPSA) is 15.6 Å². The van der Waals surface area contributed by atoms with Crippen molar-refractivity contribution in [1.29, 1.82) is 0 Å². The van der Waals surface area contributed by atoms with Crippen molar-refractivity contribution in [3.05, 3.63) is 27.7 Å². The number of amidine groups is 1. The number of hydrogen-bond donors (Lipinski definition) is 0. The van der Waals surface area contributed by atoms with E-state index in [0.29, 0.717) is 10.0 Å². The predicted molar refractivity (Wildman–Crippen MR) is 72.4 cm³/mol. The zero-order valence-electron chi connectivity index (χ0n) is 9.55. The van der Waals surface area contributed by atoms with Gasteiger partial charge < -0.3 is 4.90 Å². The van der Waals surface area contributed by atoms with Crippen molar-refractivity contribution >= 4 is 34.7 Å². The molecule has 4 heteroatoms. The SMILES string of the molecule is Clc1ccc2c(c1Cl)CN1CCCCCC1=N2. The van der Waals surface area contributed by atoms with Gasteiger partial charge in [-0.25, -0.2) is 4.99 Å². The third-order valence-corrected chi connectivity index (χ3v) is 4.31. The maximum atomic E-state index is 6.26. The van der Waals surface area contributed by atoms with Crippen LogP contribution in [0.4, 0.5) is 5.69 Å². The second-order valence-electron chi connectivity index (χ2n) is 4.62. The molecule has 1 fully saturated rings. The van der Waals surface area contributed by atoms with Crippen LogP contribution in [0.25, 0.3) is 0 Å². The second kappa shape index (κ2) is 4.51. The van der Waals surface area contributed by atoms with Crippen molar-refractivity contribution in [2.75, 3.05) is 6.54 Å². The highest BCUT2D eigenvalue weighted by Crippen LogP contribution is 2.37. The Morgan fingerprint density at radius 3 is 2.88 bits per heavy atom. The normalized spacial score (nSPS) is 19.2. The van der Waals surface area contributed by atoms with Crippen molar-refractivity contribution in [2.45, 2.75) is 32.2 Å². The first-order chi connectivity index (χ1) is 8.25. The molecule has 3 rings (SSSR count). The van der Waals surface area contributed by atoms with E-state index in [1.807, 2.05) is 12.1 Å². The van der Waals surface area contributed by atoms with Crippen LogP contribution < -0.4 is 0 Å². The minimum Gasteiger partial charge on any atom is -0.356 e. The van der Waals surface area contributed by atoms with Crippen LogP contribution in [0.2, 0.25) is 10.0 Å². The lowest BCUT2D eigenvalue weighted by Gasteiger charge is -2.29. The average Bonchev–Trinajstić information content (AvgIpc) is 2.57. The van der Waals surface area contributed by atoms with Crippen LogP contribution in [0.1, 0.15) is 31.2 Å². The quantitative estimate of drug-likeness (QED) is 0.681. The van der Waals surface area contributed by atoms with Gasteiger partial charge in [-0.1, -0.05) is 29.6 Å². The van der Waals surface area contributed by atoms with Crippen molar-refractivity contribution in [3.8, 4) is 0 Å². The molecule has 17 heavy (non-hydrogen) atoms. The predicted octanol–water partition coefficient (Wildman–Crippen LogP) is 4.41. The lowest BCUT2D eigenvalue weighted by molar-refractivity contribution is 0.403. The Hall–Kier alpha value is -0.730. The van der Waals surface area contributed by atoms with Crippen LogP contribution >= 0.6 is 23.2 Å². The van der Waals surface area contributed by atoms with Gasteiger partial charge >= 0.3 is 0 Å². The van der Waals surface area contributed by atoms with Crippen molar-refractivity contribution in [3.63, 3.8) is 0 Å². The van der Waals surface area contributed by atoms with E-state index in [4.69, 9.17) is 28.2 Å². The molecule has 0 saturated carbocycles. The summed E-state index contributed by atoms with van der Waals surface area (Å²) >= 11 is 12.3. The van der Waals surface area contributed by atoms with Gasteiger partial charge in [0.05, 0.1) is 15.7 Å². The lowest BCUT2D eigenvalue weighted by Crippen LogP contribution is -2.32. The number of halogens is 2. The molecule has 0 N–H and O–H groups in total. The highest BCUT2D eigenvalue weighted by Gasteiger charge is 2.23. The van der Waals surface area contributed by atoms with Gasteiger partial charge in [0.2, 0.25) is 0 Å². The van der Waals surface area contributed by atoms with Gasteiger partial charge in [0.25, 0.3) is 0 Å². The monoisotopic (exact) mass is 268 g/mol. The third kappa shape index (κ3) is 2.04. The van der Waals surface area contributed by atoms with Gasteiger partial charge in [0.1, 0.15) is 5.84 Å². The molecule has 1 aromatic rings. The molecule has 90 valence electrons. The summed E-state index contributed by atoms with van der Waals surface area (Å²) in [6.45, 7) is 1.94. The Labute approximate surface area is 111 Å². The Balaban J connectivity index is 2.05. The zero-order chi connectivity index (χ0) is 11.8. The van der Waals surface area contributed by atoms with E-state index in [1.165, 1.54) is 25.1 Å². The largest absolute Gasteiger partial charge is 0.356 e. The Kier molecular flexibility index (Phi) is 3.01. The van der Waals surface area contributed by atoms with Crippen LogP contribution in [0.3, 0.4) is 0 Å². The molecule has 2 aliphatic rings. The van der Waals surface area contributed by atoms with Gasteiger partial charge in [0, 0.05) is 25.1 Å². The molecule has 0 radical (unpaired) electrons. The average molecular weight is 269 g/mol. The maximum absolute atomic E-state index is 6.26. The molecule has 2 nitrogen and oxygen atoms in total. The van der Waals surface area contributed by atoms with Crippen molar-refractivity contribution in [2.24, 2.45) is 4.99 Å². The second-order valence-corrected chi connectivity index (χ2v) is 5.40. The summed E-state index contributed by atoms with van der Waals surface area (Å²) in [5, 5.41) is 1.29. The minimum atomic E-state index is 0.624. The van der Waals surface area contributed by atoms with Crippen LogP contribution in [0, 0.1) is 0 Å². The van der Waals surface area contributed by atoms with E-state index < -0.39 is 0 Å². The standard InChI is InChI=1S/C13H14Cl2N2/c14-10-5-6-11-9(13(10)15)8-17-7-3-1-2-4-12(17)16-11/h5-6H,1-4,7-8H2. The number of fused-ring (bicyclic) bond motifs is 2. The molecular formula is C13H14Cl2N2. The smallest absolute Gasteiger partial charge is 0.105 e. The van der Waals surface area contributed by atoms with Gasteiger partial charge in [-0.05, 0) is 25.0 Å². The minimum absolute atomic E-state index is 0.624. The molecule has 0 atom stereocenters. The fourth-order valence-corrected chi connectivity index (χ4v) is 2.91. The zero-order valence-corrected chi connectivity index (χ0v) is 11.1. The van der Waals surface area contributed by atoms with Crippen LogP contribution in [-0.2, 0) is 6.54 Å². The number of benzene rings is 1. The summed E-state index contributed by atoms with van der Waals surface area (Å²) in [4.78, 5) is 7.07. The van der Waals surface area contributed by atoms with Crippen LogP contribution in [0.15, 0.2) is 17.1 Å². The van der Waals surface area contributed by atoms with Gasteiger partial charge in [-0.3, -0.25) is 0 Å². The maximum Gasteiger partial charge on any atom is 0.105 e. The van der Waals surface area contributed by atoms with E-state index in [9.17, 15) is 0 Å². The van der Waals surface area contributed by atoms with Crippen molar-refractivity contribution < 1.29 is 0 Å². The first-order valence-electron chi connectivity index (χ1n) is 6.05. The summed E-state index contributed by atoms with van der Waals surface area (Å²) in [6, 6.07) is 3.80. The van der Waals surface area contributed by atoms with E-state index in [-0.39, 0.29) is 0 Å². The molecule has 0 spiro atoms. The third-order valence-electron chi connectivity index (χ3n) is 3.46. The number of nitrogens with zero attached hydrogens (tertiary/aromatic N) is 2. The lowest BCUT2D eigenvalue weighted by atomic mass is 10.1. The number of hydrogen-bond acceptors (Lipinski definition) is 2. The molecular weight excluding hydrogens is 255 g/mol. The summed E-state index contributed by atoms with van der Waals surface area (Å²) in [7, 11) is 0. The van der Waals surface area contributed by atoms with E-state index >= 15 is 0 Å². The van der Waals surface area contributed by atoms with E-state index in [2.05, 4.69) is 4.90 Å². The summed E-state index contributed by atoms with van der Waals surface area (Å²) < 4.78 is 0. The summed E-state index contributed by atoms with van der Waals surface area (Å²) in [5.74, 6) is 1.22.